The second-order valence-corrected chi connectivity index (χ2v) is 5.92. The Bertz CT molecular complexity index is 742. The van der Waals surface area contributed by atoms with E-state index in [4.69, 9.17) is 17.3 Å². The van der Waals surface area contributed by atoms with Gasteiger partial charge in [0.15, 0.2) is 4.96 Å². The van der Waals surface area contributed by atoms with Crippen molar-refractivity contribution in [2.45, 2.75) is 13.8 Å². The zero-order valence-corrected chi connectivity index (χ0v) is 11.6. The maximum Gasteiger partial charge on any atom is 0.196 e. The van der Waals surface area contributed by atoms with Crippen molar-refractivity contribution in [3.05, 3.63) is 39.9 Å². The summed E-state index contributed by atoms with van der Waals surface area (Å²) in [4.78, 5) is 6.71. The van der Waals surface area contributed by atoms with Crippen LogP contribution in [0.25, 0.3) is 16.2 Å². The molecule has 0 bridgehead atoms. The molecule has 0 radical (unpaired) electrons. The molecule has 3 rings (SSSR count). The summed E-state index contributed by atoms with van der Waals surface area (Å²) in [5.74, 6) is 0.677. The van der Waals surface area contributed by atoms with Crippen molar-refractivity contribution >= 4 is 33.7 Å². The molecule has 0 aliphatic heterocycles. The van der Waals surface area contributed by atoms with Crippen LogP contribution in [0.2, 0.25) is 5.02 Å². The third-order valence-electron chi connectivity index (χ3n) is 2.91. The van der Waals surface area contributed by atoms with Gasteiger partial charge in [-0.15, -0.1) is 11.3 Å². The number of thiazole rings is 1. The first kappa shape index (κ1) is 11.6. The number of fused-ring (bicyclic) bond motifs is 1. The summed E-state index contributed by atoms with van der Waals surface area (Å²) in [7, 11) is 0. The lowest BCUT2D eigenvalue weighted by atomic mass is 10.1. The first-order chi connectivity index (χ1) is 8.56. The van der Waals surface area contributed by atoms with E-state index in [1.807, 2.05) is 42.6 Å². The zero-order valence-electron chi connectivity index (χ0n) is 10.1. The van der Waals surface area contributed by atoms with Gasteiger partial charge in [0.05, 0.1) is 0 Å². The number of imidazole rings is 1. The number of nitrogen functional groups attached to an aromatic ring is 1. The van der Waals surface area contributed by atoms with Gasteiger partial charge >= 0.3 is 0 Å². The molecule has 0 amide bonds. The fourth-order valence-corrected chi connectivity index (χ4v) is 2.93. The van der Waals surface area contributed by atoms with E-state index in [0.29, 0.717) is 5.82 Å². The van der Waals surface area contributed by atoms with Crippen LogP contribution in [-0.2, 0) is 0 Å². The van der Waals surface area contributed by atoms with Crippen molar-refractivity contribution in [1.29, 1.82) is 0 Å². The standard InChI is InChI=1S/C13H12ClN3S/c1-7-5-9(3-4-10(7)14)11-12(15)17-6-8(2)18-13(17)16-11/h3-6H,15H2,1-2H3. The van der Waals surface area contributed by atoms with Crippen LogP contribution in [0.5, 0.6) is 0 Å². The average Bonchev–Trinajstić information content (AvgIpc) is 2.82. The summed E-state index contributed by atoms with van der Waals surface area (Å²) in [6.45, 7) is 4.02. The topological polar surface area (TPSA) is 43.3 Å². The molecule has 3 aromatic rings. The number of anilines is 1. The Morgan fingerprint density at radius 3 is 2.78 bits per heavy atom. The van der Waals surface area contributed by atoms with Gasteiger partial charge in [0, 0.05) is 21.7 Å². The van der Waals surface area contributed by atoms with Gasteiger partial charge in [0.1, 0.15) is 11.5 Å². The van der Waals surface area contributed by atoms with Crippen LogP contribution in [0.15, 0.2) is 24.4 Å². The Kier molecular flexibility index (Phi) is 2.57. The lowest BCUT2D eigenvalue weighted by Crippen LogP contribution is -1.92. The fraction of sp³-hybridized carbons (Fsp3) is 0.154. The largest absolute Gasteiger partial charge is 0.383 e. The normalized spacial score (nSPS) is 11.3. The molecule has 0 spiro atoms. The van der Waals surface area contributed by atoms with Crippen LogP contribution < -0.4 is 5.73 Å². The van der Waals surface area contributed by atoms with Crippen LogP contribution >= 0.6 is 22.9 Å². The number of aryl methyl sites for hydroxylation is 2. The number of hydrogen-bond acceptors (Lipinski definition) is 3. The molecule has 0 unspecified atom stereocenters. The molecule has 3 nitrogen and oxygen atoms in total. The van der Waals surface area contributed by atoms with Crippen molar-refractivity contribution < 1.29 is 0 Å². The minimum atomic E-state index is 0.677. The van der Waals surface area contributed by atoms with Crippen molar-refractivity contribution in [3.63, 3.8) is 0 Å². The summed E-state index contributed by atoms with van der Waals surface area (Å²) in [6.07, 6.45) is 2.01. The number of benzene rings is 1. The van der Waals surface area contributed by atoms with Gasteiger partial charge in [-0.3, -0.25) is 4.40 Å². The molecule has 0 aliphatic carbocycles. The van der Waals surface area contributed by atoms with Crippen LogP contribution in [0.4, 0.5) is 5.82 Å². The molecule has 18 heavy (non-hydrogen) atoms. The lowest BCUT2D eigenvalue weighted by molar-refractivity contribution is 1.23. The van der Waals surface area contributed by atoms with Crippen LogP contribution in [-0.4, -0.2) is 9.38 Å². The number of aromatic nitrogens is 2. The molecule has 92 valence electrons. The first-order valence-electron chi connectivity index (χ1n) is 5.57. The van der Waals surface area contributed by atoms with Crippen molar-refractivity contribution in [2.75, 3.05) is 5.73 Å². The van der Waals surface area contributed by atoms with E-state index in [-0.39, 0.29) is 0 Å². The van der Waals surface area contributed by atoms with E-state index in [9.17, 15) is 0 Å². The minimum Gasteiger partial charge on any atom is -0.383 e. The Hall–Kier alpha value is -1.52. The van der Waals surface area contributed by atoms with Gasteiger partial charge < -0.3 is 5.73 Å². The smallest absolute Gasteiger partial charge is 0.196 e. The highest BCUT2D eigenvalue weighted by atomic mass is 35.5. The highest BCUT2D eigenvalue weighted by molar-refractivity contribution is 7.17. The fourth-order valence-electron chi connectivity index (χ4n) is 1.98. The summed E-state index contributed by atoms with van der Waals surface area (Å²) >= 11 is 7.67. The summed E-state index contributed by atoms with van der Waals surface area (Å²) in [5, 5.41) is 0.759. The Labute approximate surface area is 114 Å². The average molecular weight is 278 g/mol. The van der Waals surface area contributed by atoms with E-state index in [1.165, 1.54) is 4.88 Å². The maximum absolute atomic E-state index is 6.15. The molecule has 2 heterocycles. The van der Waals surface area contributed by atoms with E-state index in [2.05, 4.69) is 4.98 Å². The third kappa shape index (κ3) is 1.69. The molecule has 0 saturated carbocycles. The second-order valence-electron chi connectivity index (χ2n) is 4.30. The zero-order chi connectivity index (χ0) is 12.9. The molecule has 2 N–H and O–H groups in total. The number of halogens is 1. The molecule has 1 aromatic carbocycles. The Balaban J connectivity index is 2.21. The monoisotopic (exact) mass is 277 g/mol. The first-order valence-corrected chi connectivity index (χ1v) is 6.76. The van der Waals surface area contributed by atoms with Gasteiger partial charge in [-0.25, -0.2) is 4.98 Å². The summed E-state index contributed by atoms with van der Waals surface area (Å²) in [6, 6.07) is 5.84. The van der Waals surface area contributed by atoms with Crippen LogP contribution in [0.1, 0.15) is 10.4 Å². The highest BCUT2D eigenvalue weighted by Crippen LogP contribution is 2.31. The molecular formula is C13H12ClN3S. The van der Waals surface area contributed by atoms with E-state index < -0.39 is 0 Å². The number of nitrogens with two attached hydrogens (primary N) is 1. The van der Waals surface area contributed by atoms with E-state index >= 15 is 0 Å². The second kappa shape index (κ2) is 4.00. The van der Waals surface area contributed by atoms with Gasteiger partial charge in [-0.2, -0.15) is 0 Å². The van der Waals surface area contributed by atoms with Gasteiger partial charge in [-0.1, -0.05) is 17.7 Å². The molecule has 0 saturated heterocycles. The van der Waals surface area contributed by atoms with E-state index in [1.54, 1.807) is 11.3 Å². The quantitative estimate of drug-likeness (QED) is 0.733. The van der Waals surface area contributed by atoms with Crippen molar-refractivity contribution in [1.82, 2.24) is 9.38 Å². The van der Waals surface area contributed by atoms with Gasteiger partial charge in [0.25, 0.3) is 0 Å². The molecule has 5 heteroatoms. The van der Waals surface area contributed by atoms with Crippen molar-refractivity contribution in [3.8, 4) is 11.3 Å². The summed E-state index contributed by atoms with van der Waals surface area (Å²) in [5.41, 5.74) is 9.00. The van der Waals surface area contributed by atoms with E-state index in [0.717, 1.165) is 26.8 Å². The Morgan fingerprint density at radius 2 is 2.11 bits per heavy atom. The van der Waals surface area contributed by atoms with Crippen LogP contribution in [0.3, 0.4) is 0 Å². The molecule has 2 aromatic heterocycles. The number of hydrogen-bond donors (Lipinski definition) is 1. The summed E-state index contributed by atoms with van der Waals surface area (Å²) < 4.78 is 1.93. The maximum atomic E-state index is 6.15. The highest BCUT2D eigenvalue weighted by Gasteiger charge is 2.13. The molecular weight excluding hydrogens is 266 g/mol. The van der Waals surface area contributed by atoms with Gasteiger partial charge in [-0.05, 0) is 31.5 Å². The lowest BCUT2D eigenvalue weighted by Gasteiger charge is -2.02. The van der Waals surface area contributed by atoms with Crippen molar-refractivity contribution in [2.24, 2.45) is 0 Å². The van der Waals surface area contributed by atoms with Gasteiger partial charge in [0.2, 0.25) is 0 Å². The minimum absolute atomic E-state index is 0.677. The predicted molar refractivity (Wildman–Crippen MR) is 77.4 cm³/mol. The number of nitrogens with zero attached hydrogens (tertiary/aromatic N) is 2. The third-order valence-corrected chi connectivity index (χ3v) is 4.23. The van der Waals surface area contributed by atoms with Crippen LogP contribution in [0, 0.1) is 13.8 Å². The number of rotatable bonds is 1. The molecule has 0 atom stereocenters. The molecule has 0 aliphatic rings. The predicted octanol–water partition coefficient (Wildman–Crippen LogP) is 3.92. The SMILES string of the molecule is Cc1cn2c(N)c(-c3ccc(Cl)c(C)c3)nc2s1. The Morgan fingerprint density at radius 1 is 1.33 bits per heavy atom. The molecule has 0 fully saturated rings.